The Labute approximate surface area is 137 Å². The molecule has 0 fully saturated rings. The molecule has 1 unspecified atom stereocenters. The third-order valence-electron chi connectivity index (χ3n) is 4.48. The molecule has 0 aromatic carbocycles. The first-order valence-electron chi connectivity index (χ1n) is 8.88. The van der Waals surface area contributed by atoms with Gasteiger partial charge in [-0.1, -0.05) is 46.3 Å². The third kappa shape index (κ3) is 8.64. The molecule has 0 N–H and O–H groups in total. The monoisotopic (exact) mass is 326 g/mol. The third-order valence-corrected chi connectivity index (χ3v) is 9.18. The summed E-state index contributed by atoms with van der Waals surface area (Å²) < 4.78 is 6.60. The fraction of sp³-hybridized carbons (Fsp3) is 0.778. The number of hydrogen-bond acceptors (Lipinski definition) is 3. The van der Waals surface area contributed by atoms with E-state index >= 15 is 0 Å². The number of rotatable bonds is 14. The topological polar surface area (TPSA) is 43.4 Å². The van der Waals surface area contributed by atoms with Crippen LogP contribution in [0.2, 0.25) is 18.1 Å². The van der Waals surface area contributed by atoms with Crippen molar-refractivity contribution in [2.24, 2.45) is 0 Å². The Morgan fingerprint density at radius 2 is 1.68 bits per heavy atom. The lowest BCUT2D eigenvalue weighted by Crippen LogP contribution is -2.39. The zero-order chi connectivity index (χ0) is 16.8. The van der Waals surface area contributed by atoms with Crippen molar-refractivity contribution in [3.8, 4) is 0 Å². The molecule has 0 spiro atoms. The van der Waals surface area contributed by atoms with Crippen molar-refractivity contribution in [2.75, 3.05) is 0 Å². The van der Waals surface area contributed by atoms with E-state index in [0.717, 1.165) is 50.2 Å². The molecular formula is C18H34O3Si. The number of carbonyl (C=O) groups excluding carboxylic acids is 2. The van der Waals surface area contributed by atoms with Gasteiger partial charge in [-0.2, -0.15) is 0 Å². The van der Waals surface area contributed by atoms with Crippen LogP contribution in [0.25, 0.3) is 0 Å². The van der Waals surface area contributed by atoms with Gasteiger partial charge in [0.25, 0.3) is 0 Å². The number of ketones is 1. The molecule has 22 heavy (non-hydrogen) atoms. The van der Waals surface area contributed by atoms with Gasteiger partial charge >= 0.3 is 0 Å². The minimum absolute atomic E-state index is 0.264. The van der Waals surface area contributed by atoms with Crippen LogP contribution in [0.1, 0.15) is 66.2 Å². The Bertz CT molecular complexity index is 327. The Hall–Kier alpha value is -0.743. The van der Waals surface area contributed by atoms with E-state index in [9.17, 15) is 9.59 Å². The van der Waals surface area contributed by atoms with Crippen molar-refractivity contribution in [1.29, 1.82) is 0 Å². The van der Waals surface area contributed by atoms with Crippen LogP contribution in [0.3, 0.4) is 0 Å². The summed E-state index contributed by atoms with van der Waals surface area (Å²) in [5, 5.41) is 0. The standard InChI is InChI=1S/C18H34O3Si/c1-5-9-10-14-18(15-12-11-13-17(20)16-19)21-22(6-2,7-3)8-4/h9-10,16,18H,5-8,11-15H2,1-4H3. The molecule has 1 atom stereocenters. The van der Waals surface area contributed by atoms with E-state index in [1.807, 2.05) is 0 Å². The Kier molecular flexibility index (Phi) is 12.3. The Balaban J connectivity index is 4.50. The molecule has 0 saturated heterocycles. The number of allylic oxidation sites excluding steroid dienone is 1. The smallest absolute Gasteiger partial charge is 0.195 e. The van der Waals surface area contributed by atoms with E-state index in [-0.39, 0.29) is 11.9 Å². The minimum atomic E-state index is -1.59. The largest absolute Gasteiger partial charge is 0.414 e. The van der Waals surface area contributed by atoms with Crippen LogP contribution in [0, 0.1) is 0 Å². The first-order valence-corrected chi connectivity index (χ1v) is 11.4. The average Bonchev–Trinajstić information content (AvgIpc) is 2.56. The maximum Gasteiger partial charge on any atom is 0.195 e. The molecule has 0 bridgehead atoms. The fourth-order valence-corrected chi connectivity index (χ4v) is 5.64. The number of carbonyl (C=O) groups is 2. The number of hydrogen-bond donors (Lipinski definition) is 0. The van der Waals surface area contributed by atoms with Gasteiger partial charge < -0.3 is 4.43 Å². The van der Waals surface area contributed by atoms with Gasteiger partial charge in [0, 0.05) is 12.5 Å². The van der Waals surface area contributed by atoms with Crippen LogP contribution in [0.5, 0.6) is 0 Å². The van der Waals surface area contributed by atoms with E-state index in [1.165, 1.54) is 0 Å². The highest BCUT2D eigenvalue weighted by Crippen LogP contribution is 2.26. The summed E-state index contributed by atoms with van der Waals surface area (Å²) in [4.78, 5) is 21.4. The zero-order valence-corrected chi connectivity index (χ0v) is 15.9. The molecule has 4 heteroatoms. The normalized spacial score (nSPS) is 13.5. The molecular weight excluding hydrogens is 292 g/mol. The lowest BCUT2D eigenvalue weighted by Gasteiger charge is -2.33. The highest BCUT2D eigenvalue weighted by molar-refractivity contribution is 6.73. The summed E-state index contributed by atoms with van der Waals surface area (Å²) in [5.74, 6) is -0.289. The van der Waals surface area contributed by atoms with Crippen molar-refractivity contribution in [2.45, 2.75) is 90.5 Å². The van der Waals surface area contributed by atoms with Gasteiger partial charge in [-0.05, 0) is 43.8 Å². The number of Topliss-reactive ketones (excluding diaryl/α,β-unsaturated/α-hetero) is 1. The molecule has 0 amide bonds. The molecule has 0 aromatic rings. The highest BCUT2D eigenvalue weighted by atomic mass is 28.4. The van der Waals surface area contributed by atoms with E-state index in [2.05, 4.69) is 39.8 Å². The van der Waals surface area contributed by atoms with Crippen LogP contribution in [-0.2, 0) is 14.0 Å². The van der Waals surface area contributed by atoms with Crippen molar-refractivity contribution in [3.05, 3.63) is 12.2 Å². The maximum atomic E-state index is 11.0. The van der Waals surface area contributed by atoms with Crippen molar-refractivity contribution in [1.82, 2.24) is 0 Å². The first kappa shape index (κ1) is 21.3. The quantitative estimate of drug-likeness (QED) is 0.147. The Morgan fingerprint density at radius 3 is 2.18 bits per heavy atom. The lowest BCUT2D eigenvalue weighted by atomic mass is 10.1. The Morgan fingerprint density at radius 1 is 1.05 bits per heavy atom. The van der Waals surface area contributed by atoms with Gasteiger partial charge in [-0.15, -0.1) is 0 Å². The molecule has 128 valence electrons. The second-order valence-corrected chi connectivity index (χ2v) is 10.7. The summed E-state index contributed by atoms with van der Waals surface area (Å²) in [7, 11) is -1.59. The molecule has 0 aliphatic carbocycles. The van der Waals surface area contributed by atoms with Gasteiger partial charge in [0.1, 0.15) is 0 Å². The number of unbranched alkanes of at least 4 members (excludes halogenated alkanes) is 1. The van der Waals surface area contributed by atoms with E-state index in [1.54, 1.807) is 0 Å². The summed E-state index contributed by atoms with van der Waals surface area (Å²) in [6.07, 6.45) is 10.2. The van der Waals surface area contributed by atoms with Gasteiger partial charge in [0.2, 0.25) is 0 Å². The van der Waals surface area contributed by atoms with Crippen LogP contribution in [0.4, 0.5) is 0 Å². The molecule has 0 rings (SSSR count). The van der Waals surface area contributed by atoms with E-state index < -0.39 is 8.32 Å². The SMILES string of the molecule is CCC=CCC(CCCCC(=O)C=O)O[Si](CC)(CC)CC. The summed E-state index contributed by atoms with van der Waals surface area (Å²) in [5.41, 5.74) is 0. The maximum absolute atomic E-state index is 11.0. The number of aldehydes is 1. The molecule has 0 heterocycles. The second-order valence-electron chi connectivity index (χ2n) is 5.93. The minimum Gasteiger partial charge on any atom is -0.414 e. The predicted molar refractivity (Wildman–Crippen MR) is 95.7 cm³/mol. The van der Waals surface area contributed by atoms with Crippen molar-refractivity contribution < 1.29 is 14.0 Å². The van der Waals surface area contributed by atoms with Crippen LogP contribution in [0.15, 0.2) is 12.2 Å². The highest BCUT2D eigenvalue weighted by Gasteiger charge is 2.31. The summed E-state index contributed by atoms with van der Waals surface area (Å²) >= 11 is 0. The summed E-state index contributed by atoms with van der Waals surface area (Å²) in [6, 6.07) is 3.49. The molecule has 0 aromatic heterocycles. The molecule has 3 nitrogen and oxygen atoms in total. The van der Waals surface area contributed by atoms with Crippen LogP contribution >= 0.6 is 0 Å². The van der Waals surface area contributed by atoms with Gasteiger partial charge in [-0.3, -0.25) is 9.59 Å². The second kappa shape index (κ2) is 12.8. The van der Waals surface area contributed by atoms with E-state index in [4.69, 9.17) is 4.43 Å². The predicted octanol–water partition coefficient (Wildman–Crippen LogP) is 5.06. The van der Waals surface area contributed by atoms with Gasteiger partial charge in [0.05, 0.1) is 0 Å². The molecule has 0 radical (unpaired) electrons. The van der Waals surface area contributed by atoms with Gasteiger partial charge in [0.15, 0.2) is 20.4 Å². The molecule has 0 saturated carbocycles. The van der Waals surface area contributed by atoms with Crippen LogP contribution in [-0.4, -0.2) is 26.5 Å². The lowest BCUT2D eigenvalue weighted by molar-refractivity contribution is -0.129. The zero-order valence-electron chi connectivity index (χ0n) is 14.9. The van der Waals surface area contributed by atoms with Crippen LogP contribution < -0.4 is 0 Å². The fourth-order valence-electron chi connectivity index (χ4n) is 2.72. The van der Waals surface area contributed by atoms with Gasteiger partial charge in [-0.25, -0.2) is 0 Å². The first-order chi connectivity index (χ1) is 10.6. The summed E-state index contributed by atoms with van der Waals surface area (Å²) in [6.45, 7) is 8.89. The molecule has 0 aliphatic heterocycles. The van der Waals surface area contributed by atoms with Crippen molar-refractivity contribution >= 4 is 20.4 Å². The van der Waals surface area contributed by atoms with E-state index in [0.29, 0.717) is 12.7 Å². The van der Waals surface area contributed by atoms with Crippen molar-refractivity contribution in [3.63, 3.8) is 0 Å². The average molecular weight is 327 g/mol. The molecule has 0 aliphatic rings.